The molecule has 0 aromatic carbocycles. The molecule has 0 N–H and O–H groups in total. The fraction of sp³-hybridized carbons (Fsp3) is 0.500. The Morgan fingerprint density at radius 2 is 2.38 bits per heavy atom. The first-order valence-electron chi connectivity index (χ1n) is 4.54. The van der Waals surface area contributed by atoms with Gasteiger partial charge in [-0.3, -0.25) is 4.98 Å². The van der Waals surface area contributed by atoms with Gasteiger partial charge in [0, 0.05) is 24.9 Å². The van der Waals surface area contributed by atoms with Gasteiger partial charge < -0.3 is 4.74 Å². The molecular weight excluding hydrogens is 186 g/mol. The zero-order valence-corrected chi connectivity index (χ0v) is 8.13. The normalized spacial score (nSPS) is 23.0. The molecule has 3 heteroatoms. The summed E-state index contributed by atoms with van der Waals surface area (Å²) in [5.41, 5.74) is 1.20. The Balaban J connectivity index is 2.14. The van der Waals surface area contributed by atoms with Crippen molar-refractivity contribution >= 4 is 11.6 Å². The van der Waals surface area contributed by atoms with Crippen molar-refractivity contribution in [2.75, 3.05) is 13.2 Å². The fourth-order valence-electron chi connectivity index (χ4n) is 1.66. The molecule has 2 heterocycles. The molecule has 2 nitrogen and oxygen atoms in total. The molecule has 1 aromatic heterocycles. The number of hydrogen-bond donors (Lipinski definition) is 0. The third kappa shape index (κ3) is 2.20. The van der Waals surface area contributed by atoms with Crippen molar-refractivity contribution in [3.63, 3.8) is 0 Å². The van der Waals surface area contributed by atoms with Gasteiger partial charge in [-0.05, 0) is 24.5 Å². The Bertz CT molecular complexity index is 284. The lowest BCUT2D eigenvalue weighted by Gasteiger charge is -2.21. The summed E-state index contributed by atoms with van der Waals surface area (Å²) in [4.78, 5) is 4.07. The molecule has 1 atom stereocenters. The number of halogens is 1. The van der Waals surface area contributed by atoms with Crippen molar-refractivity contribution in [2.24, 2.45) is 0 Å². The summed E-state index contributed by atoms with van der Waals surface area (Å²) in [6.45, 7) is 1.70. The average molecular weight is 198 g/mol. The van der Waals surface area contributed by atoms with Crippen LogP contribution in [-0.4, -0.2) is 18.2 Å². The van der Waals surface area contributed by atoms with Crippen molar-refractivity contribution < 1.29 is 4.74 Å². The first kappa shape index (κ1) is 8.97. The summed E-state index contributed by atoms with van der Waals surface area (Å²) in [5, 5.41) is 0.711. The van der Waals surface area contributed by atoms with Gasteiger partial charge in [-0.25, -0.2) is 0 Å². The molecule has 0 saturated carbocycles. The first-order valence-corrected chi connectivity index (χ1v) is 4.92. The summed E-state index contributed by atoms with van der Waals surface area (Å²) in [6, 6.07) is 1.98. The lowest BCUT2D eigenvalue weighted by molar-refractivity contribution is 0.0803. The Hall–Kier alpha value is -0.600. The predicted molar refractivity (Wildman–Crippen MR) is 52.0 cm³/mol. The summed E-state index contributed by atoms with van der Waals surface area (Å²) < 4.78 is 5.41. The van der Waals surface area contributed by atoms with Gasteiger partial charge in [0.1, 0.15) is 0 Å². The second kappa shape index (κ2) is 4.07. The maximum atomic E-state index is 5.86. The van der Waals surface area contributed by atoms with Gasteiger partial charge in [-0.15, -0.1) is 0 Å². The Morgan fingerprint density at radius 3 is 3.08 bits per heavy atom. The van der Waals surface area contributed by atoms with E-state index in [2.05, 4.69) is 4.98 Å². The van der Waals surface area contributed by atoms with Crippen molar-refractivity contribution in [3.8, 4) is 0 Å². The number of rotatable bonds is 1. The van der Waals surface area contributed by atoms with Crippen LogP contribution in [0.2, 0.25) is 5.02 Å². The largest absolute Gasteiger partial charge is 0.381 e. The topological polar surface area (TPSA) is 22.1 Å². The molecule has 1 aromatic rings. The number of aromatic nitrogens is 1. The third-order valence-corrected chi connectivity index (χ3v) is 2.56. The van der Waals surface area contributed by atoms with E-state index in [9.17, 15) is 0 Å². The summed E-state index contributed by atoms with van der Waals surface area (Å²) in [6.07, 6.45) is 5.86. The summed E-state index contributed by atoms with van der Waals surface area (Å²) >= 11 is 5.86. The molecule has 0 radical (unpaired) electrons. The van der Waals surface area contributed by atoms with Crippen LogP contribution in [0, 0.1) is 0 Å². The van der Waals surface area contributed by atoms with E-state index in [4.69, 9.17) is 16.3 Å². The van der Waals surface area contributed by atoms with Crippen LogP contribution in [0.1, 0.15) is 24.3 Å². The van der Waals surface area contributed by atoms with Crippen LogP contribution in [0.4, 0.5) is 0 Å². The Labute approximate surface area is 82.9 Å². The van der Waals surface area contributed by atoms with Crippen LogP contribution in [0.3, 0.4) is 0 Å². The highest BCUT2D eigenvalue weighted by Gasteiger charge is 2.16. The second-order valence-corrected chi connectivity index (χ2v) is 3.79. The molecule has 1 fully saturated rings. The molecule has 0 bridgehead atoms. The molecule has 2 rings (SSSR count). The zero-order chi connectivity index (χ0) is 9.10. The monoisotopic (exact) mass is 197 g/mol. The molecule has 1 saturated heterocycles. The van der Waals surface area contributed by atoms with Crippen molar-refractivity contribution in [1.82, 2.24) is 4.98 Å². The maximum Gasteiger partial charge on any atom is 0.0592 e. The molecule has 1 unspecified atom stereocenters. The van der Waals surface area contributed by atoms with E-state index in [1.807, 2.05) is 12.3 Å². The lowest BCUT2D eigenvalue weighted by Crippen LogP contribution is -2.15. The van der Waals surface area contributed by atoms with Crippen molar-refractivity contribution in [3.05, 3.63) is 29.0 Å². The van der Waals surface area contributed by atoms with Crippen LogP contribution >= 0.6 is 11.6 Å². The number of ether oxygens (including phenoxy) is 1. The first-order chi connectivity index (χ1) is 6.36. The summed E-state index contributed by atoms with van der Waals surface area (Å²) in [7, 11) is 0. The number of hydrogen-bond acceptors (Lipinski definition) is 2. The second-order valence-electron chi connectivity index (χ2n) is 3.35. The van der Waals surface area contributed by atoms with Gasteiger partial charge in [0.25, 0.3) is 0 Å². The van der Waals surface area contributed by atoms with E-state index < -0.39 is 0 Å². The lowest BCUT2D eigenvalue weighted by atomic mass is 9.95. The standard InChI is InChI=1S/C10H12ClNO/c11-10-4-9(5-12-6-10)8-2-1-3-13-7-8/h4-6,8H,1-3,7H2. The highest BCUT2D eigenvalue weighted by molar-refractivity contribution is 6.30. The van der Waals surface area contributed by atoms with E-state index in [1.54, 1.807) is 6.20 Å². The van der Waals surface area contributed by atoms with Gasteiger partial charge >= 0.3 is 0 Å². The molecule has 70 valence electrons. The minimum absolute atomic E-state index is 0.486. The average Bonchev–Trinajstić information content (AvgIpc) is 2.19. The van der Waals surface area contributed by atoms with E-state index >= 15 is 0 Å². The van der Waals surface area contributed by atoms with Crippen LogP contribution in [-0.2, 0) is 4.74 Å². The van der Waals surface area contributed by atoms with Gasteiger partial charge in [0.05, 0.1) is 11.6 Å². The number of nitrogens with zero attached hydrogens (tertiary/aromatic N) is 1. The maximum absolute atomic E-state index is 5.86. The molecule has 13 heavy (non-hydrogen) atoms. The Kier molecular flexibility index (Phi) is 2.81. The minimum Gasteiger partial charge on any atom is -0.381 e. The van der Waals surface area contributed by atoms with Crippen LogP contribution < -0.4 is 0 Å². The van der Waals surface area contributed by atoms with Gasteiger partial charge in [0.2, 0.25) is 0 Å². The molecule has 0 amide bonds. The van der Waals surface area contributed by atoms with E-state index in [0.29, 0.717) is 10.9 Å². The molecule has 0 aliphatic carbocycles. The summed E-state index contributed by atoms with van der Waals surface area (Å²) in [5.74, 6) is 0.486. The van der Waals surface area contributed by atoms with E-state index in [0.717, 1.165) is 19.6 Å². The molecular formula is C10H12ClNO. The third-order valence-electron chi connectivity index (χ3n) is 2.36. The molecule has 1 aliphatic heterocycles. The van der Waals surface area contributed by atoms with Crippen LogP contribution in [0.5, 0.6) is 0 Å². The Morgan fingerprint density at radius 1 is 1.46 bits per heavy atom. The van der Waals surface area contributed by atoms with E-state index in [1.165, 1.54) is 12.0 Å². The smallest absolute Gasteiger partial charge is 0.0592 e. The zero-order valence-electron chi connectivity index (χ0n) is 7.37. The minimum atomic E-state index is 0.486. The van der Waals surface area contributed by atoms with Crippen LogP contribution in [0.25, 0.3) is 0 Å². The van der Waals surface area contributed by atoms with Crippen molar-refractivity contribution in [1.29, 1.82) is 0 Å². The highest BCUT2D eigenvalue weighted by atomic mass is 35.5. The SMILES string of the molecule is Clc1cncc(C2CCCOC2)c1. The van der Waals surface area contributed by atoms with Gasteiger partial charge in [-0.1, -0.05) is 11.6 Å². The van der Waals surface area contributed by atoms with E-state index in [-0.39, 0.29) is 0 Å². The number of pyridine rings is 1. The quantitative estimate of drug-likeness (QED) is 0.691. The predicted octanol–water partition coefficient (Wildman–Crippen LogP) is 2.63. The molecule has 1 aliphatic rings. The van der Waals surface area contributed by atoms with Crippen LogP contribution in [0.15, 0.2) is 18.5 Å². The fourth-order valence-corrected chi connectivity index (χ4v) is 1.84. The van der Waals surface area contributed by atoms with Gasteiger partial charge in [-0.2, -0.15) is 0 Å². The van der Waals surface area contributed by atoms with Gasteiger partial charge in [0.15, 0.2) is 0 Å². The highest BCUT2D eigenvalue weighted by Crippen LogP contribution is 2.26. The molecule has 0 spiro atoms. The van der Waals surface area contributed by atoms with Crippen molar-refractivity contribution in [2.45, 2.75) is 18.8 Å².